The molecule has 108 valence electrons. The van der Waals surface area contributed by atoms with Crippen LogP contribution in [-0.2, 0) is 0 Å². The van der Waals surface area contributed by atoms with Gasteiger partial charge in [-0.3, -0.25) is 19.0 Å². The molecule has 1 aromatic heterocycles. The lowest BCUT2D eigenvalue weighted by Gasteiger charge is -2.25. The Morgan fingerprint density at radius 1 is 1.50 bits per heavy atom. The van der Waals surface area contributed by atoms with Gasteiger partial charge >= 0.3 is 0 Å². The van der Waals surface area contributed by atoms with Crippen LogP contribution in [0.2, 0.25) is 0 Å². The molecule has 1 unspecified atom stereocenters. The first-order chi connectivity index (χ1) is 9.44. The molecule has 6 nitrogen and oxygen atoms in total. The Hall–Kier alpha value is -1.09. The van der Waals surface area contributed by atoms with E-state index in [9.17, 15) is 13.9 Å². The first kappa shape index (κ1) is 13.9. The normalized spacial score (nSPS) is 22.9. The van der Waals surface area contributed by atoms with E-state index in [1.54, 1.807) is 0 Å². The van der Waals surface area contributed by atoms with E-state index < -0.39 is 10.6 Å². The third-order valence-electron chi connectivity index (χ3n) is 3.34. The van der Waals surface area contributed by atoms with Crippen LogP contribution in [0.4, 0.5) is 0 Å². The Morgan fingerprint density at radius 2 is 2.30 bits per heavy atom. The molecule has 0 radical (unpaired) electrons. The maximum absolute atomic E-state index is 12.2. The van der Waals surface area contributed by atoms with Crippen molar-refractivity contribution in [3.05, 3.63) is 28.4 Å². The number of halogens is 1. The average molecular weight is 360 g/mol. The van der Waals surface area contributed by atoms with Gasteiger partial charge in [-0.15, -0.1) is 0 Å². The number of aromatic amines is 1. The molecule has 1 aliphatic rings. The summed E-state index contributed by atoms with van der Waals surface area (Å²) in [5.41, 5.74) is 1.11. The first-order valence-corrected chi connectivity index (χ1v) is 8.80. The van der Waals surface area contributed by atoms with Gasteiger partial charge in [-0.2, -0.15) is 15.7 Å². The zero-order chi connectivity index (χ0) is 14.3. The molecule has 1 aliphatic heterocycles. The molecule has 0 bridgehead atoms. The summed E-state index contributed by atoms with van der Waals surface area (Å²) in [4.78, 5) is 12.2. The third-order valence-corrected chi connectivity index (χ3v) is 5.66. The maximum Gasteiger partial charge on any atom is 0.272 e. The molecule has 0 aliphatic carbocycles. The first-order valence-electron chi connectivity index (χ1n) is 6.13. The van der Waals surface area contributed by atoms with E-state index in [2.05, 4.69) is 31.4 Å². The van der Waals surface area contributed by atoms with Gasteiger partial charge in [-0.25, -0.2) is 0 Å². The number of fused-ring (bicyclic) bond motifs is 1. The second-order valence-corrected chi connectivity index (χ2v) is 8.16. The summed E-state index contributed by atoms with van der Waals surface area (Å²) in [6.07, 6.45) is 0.583. The number of carbonyl (C=O) groups is 1. The van der Waals surface area contributed by atoms with E-state index in [1.165, 1.54) is 0 Å². The molecule has 8 heteroatoms. The van der Waals surface area contributed by atoms with E-state index in [0.717, 1.165) is 15.4 Å². The van der Waals surface area contributed by atoms with Crippen LogP contribution in [0.15, 0.2) is 22.7 Å². The van der Waals surface area contributed by atoms with E-state index in [4.69, 9.17) is 0 Å². The van der Waals surface area contributed by atoms with Gasteiger partial charge in [-0.05, 0) is 24.6 Å². The third kappa shape index (κ3) is 2.69. The van der Waals surface area contributed by atoms with Gasteiger partial charge in [0.15, 0.2) is 5.69 Å². The summed E-state index contributed by atoms with van der Waals surface area (Å²) in [6.45, 7) is 0. The fourth-order valence-corrected chi connectivity index (χ4v) is 4.43. The molecule has 4 N–H and O–H groups in total. The number of carbonyl (C=O) groups excluding carboxylic acids is 1. The van der Waals surface area contributed by atoms with E-state index >= 15 is 0 Å². The molecule has 0 spiro atoms. The van der Waals surface area contributed by atoms with Crippen LogP contribution in [0.1, 0.15) is 16.9 Å². The average Bonchev–Trinajstić information content (AvgIpc) is 2.92. The summed E-state index contributed by atoms with van der Waals surface area (Å²) in [5, 5.41) is 10.4. The molecular weight excluding hydrogens is 346 g/mol. The number of benzene rings is 1. The molecule has 0 saturated carbocycles. The summed E-state index contributed by atoms with van der Waals surface area (Å²) < 4.78 is 20.0. The minimum atomic E-state index is -2.51. The zero-order valence-corrected chi connectivity index (χ0v) is 12.9. The zero-order valence-electron chi connectivity index (χ0n) is 10.5. The van der Waals surface area contributed by atoms with Crippen molar-refractivity contribution in [3.8, 4) is 0 Å². The van der Waals surface area contributed by atoms with Gasteiger partial charge in [0.05, 0.1) is 11.3 Å². The van der Waals surface area contributed by atoms with Gasteiger partial charge in [0.2, 0.25) is 0 Å². The highest BCUT2D eigenvalue weighted by Gasteiger charge is 2.30. The number of aromatic nitrogens is 2. The Morgan fingerprint density at radius 3 is 3.00 bits per heavy atom. The van der Waals surface area contributed by atoms with Crippen LogP contribution in [0.3, 0.4) is 0 Å². The van der Waals surface area contributed by atoms with Crippen LogP contribution >= 0.6 is 26.5 Å². The molecule has 2 aromatic rings. The second-order valence-electron chi connectivity index (χ2n) is 4.89. The van der Waals surface area contributed by atoms with E-state index in [-0.39, 0.29) is 17.7 Å². The smallest absolute Gasteiger partial charge is 0.272 e. The number of hydrogen-bond donors (Lipinski definition) is 4. The lowest BCUT2D eigenvalue weighted by molar-refractivity contribution is 0.0937. The molecule has 2 heterocycles. The highest BCUT2D eigenvalue weighted by atomic mass is 79.9. The maximum atomic E-state index is 12.2. The Kier molecular flexibility index (Phi) is 3.49. The molecule has 1 atom stereocenters. The Labute approximate surface area is 125 Å². The molecule has 1 amide bonds. The molecular formula is C12H14BrN3O3S. The van der Waals surface area contributed by atoms with Crippen molar-refractivity contribution in [2.45, 2.75) is 12.5 Å². The number of nitrogens with zero attached hydrogens (tertiary/aromatic N) is 1. The molecule has 3 rings (SSSR count). The fourth-order valence-electron chi connectivity index (χ4n) is 2.35. The van der Waals surface area contributed by atoms with Gasteiger partial charge in [-0.1, -0.05) is 15.9 Å². The van der Waals surface area contributed by atoms with Gasteiger partial charge < -0.3 is 5.32 Å². The number of amides is 1. The van der Waals surface area contributed by atoms with Crippen LogP contribution in [-0.4, -0.2) is 42.8 Å². The predicted molar refractivity (Wildman–Crippen MR) is 82.2 cm³/mol. The topological polar surface area (TPSA) is 98.2 Å². The van der Waals surface area contributed by atoms with Crippen molar-refractivity contribution in [2.75, 3.05) is 11.5 Å². The summed E-state index contributed by atoms with van der Waals surface area (Å²) >= 11 is 3.37. The monoisotopic (exact) mass is 359 g/mol. The molecule has 20 heavy (non-hydrogen) atoms. The number of nitrogens with one attached hydrogen (secondary N) is 2. The van der Waals surface area contributed by atoms with Crippen molar-refractivity contribution in [1.29, 1.82) is 0 Å². The second kappa shape index (κ2) is 5.03. The van der Waals surface area contributed by atoms with E-state index in [0.29, 0.717) is 17.9 Å². The van der Waals surface area contributed by atoms with Gasteiger partial charge in [0, 0.05) is 21.7 Å². The predicted octanol–water partition coefficient (Wildman–Crippen LogP) is 2.58. The minimum absolute atomic E-state index is 0.202. The van der Waals surface area contributed by atoms with Crippen LogP contribution < -0.4 is 5.32 Å². The molecule has 1 fully saturated rings. The van der Waals surface area contributed by atoms with Crippen LogP contribution in [0.25, 0.3) is 10.9 Å². The van der Waals surface area contributed by atoms with Crippen molar-refractivity contribution < 1.29 is 13.9 Å². The van der Waals surface area contributed by atoms with Crippen molar-refractivity contribution >= 4 is 43.3 Å². The minimum Gasteiger partial charge on any atom is -0.346 e. The highest BCUT2D eigenvalue weighted by molar-refractivity contribution is 9.10. The number of rotatable bonds is 2. The summed E-state index contributed by atoms with van der Waals surface area (Å²) in [7, 11) is -2.51. The van der Waals surface area contributed by atoms with Crippen LogP contribution in [0.5, 0.6) is 0 Å². The van der Waals surface area contributed by atoms with Crippen molar-refractivity contribution in [2.24, 2.45) is 0 Å². The number of hydrogen-bond acceptors (Lipinski definition) is 4. The van der Waals surface area contributed by atoms with Gasteiger partial charge in [0.25, 0.3) is 5.91 Å². The largest absolute Gasteiger partial charge is 0.346 e. The quantitative estimate of drug-likeness (QED) is 0.662. The lowest BCUT2D eigenvalue weighted by Crippen LogP contribution is -2.35. The lowest BCUT2D eigenvalue weighted by atomic mass is 10.2. The Balaban J connectivity index is 1.81. The van der Waals surface area contributed by atoms with Crippen molar-refractivity contribution in [3.63, 3.8) is 0 Å². The fraction of sp³-hybridized carbons (Fsp3) is 0.333. The van der Waals surface area contributed by atoms with Crippen molar-refractivity contribution in [1.82, 2.24) is 15.5 Å². The Bertz CT molecular complexity index is 673. The van der Waals surface area contributed by atoms with Crippen LogP contribution in [0, 0.1) is 0 Å². The van der Waals surface area contributed by atoms with Gasteiger partial charge in [0.1, 0.15) is 0 Å². The highest BCUT2D eigenvalue weighted by Crippen LogP contribution is 2.45. The standard InChI is InChI=1S/C12H14BrN3O3S/c13-7-1-2-10-9(5-7)11(16-15-10)12(17)14-8-3-4-20(18,19)6-8/h1-2,5,8,18-19H,3-4,6H2,(H,14,17)(H,15,16). The number of H-pyrrole nitrogens is 1. The SMILES string of the molecule is O=C(NC1CCS(O)(O)C1)c1n[nH]c2ccc(Br)cc12. The van der Waals surface area contributed by atoms with E-state index in [1.807, 2.05) is 18.2 Å². The summed E-state index contributed by atoms with van der Waals surface area (Å²) in [6, 6.07) is 5.34. The molecule has 1 saturated heterocycles. The summed E-state index contributed by atoms with van der Waals surface area (Å²) in [5.74, 6) is 0.284. The molecule has 1 aromatic carbocycles.